The number of ether oxygens (including phenoxy) is 1. The lowest BCUT2D eigenvalue weighted by molar-refractivity contribution is 0.274. The van der Waals surface area contributed by atoms with E-state index in [9.17, 15) is 5.11 Å². The first kappa shape index (κ1) is 12.5. The number of nitrogens with one attached hydrogen (secondary N) is 1. The maximum absolute atomic E-state index is 9.26. The molecule has 2 aromatic rings. The van der Waals surface area contributed by atoms with Crippen molar-refractivity contribution in [2.24, 2.45) is 7.05 Å². The number of aliphatic hydroxyl groups is 1. The number of anilines is 1. The molecule has 0 saturated carbocycles. The van der Waals surface area contributed by atoms with Gasteiger partial charge in [-0.3, -0.25) is 0 Å². The monoisotopic (exact) mass is 246 g/mol. The van der Waals surface area contributed by atoms with Gasteiger partial charge < -0.3 is 19.7 Å². The number of hydrogen-bond acceptors (Lipinski definition) is 3. The van der Waals surface area contributed by atoms with E-state index in [1.807, 2.05) is 37.5 Å². The third kappa shape index (κ3) is 2.65. The molecule has 1 aromatic carbocycles. The zero-order chi connectivity index (χ0) is 13.0. The lowest BCUT2D eigenvalue weighted by atomic mass is 10.2. The van der Waals surface area contributed by atoms with E-state index in [1.54, 1.807) is 7.11 Å². The van der Waals surface area contributed by atoms with Crippen LogP contribution in [0.25, 0.3) is 0 Å². The van der Waals surface area contributed by atoms with Crippen molar-refractivity contribution in [3.05, 3.63) is 47.8 Å². The number of methoxy groups -OCH3 is 1. The molecule has 2 N–H and O–H groups in total. The Labute approximate surface area is 107 Å². The average Bonchev–Trinajstić information content (AvgIpc) is 2.81. The van der Waals surface area contributed by atoms with E-state index >= 15 is 0 Å². The predicted molar refractivity (Wildman–Crippen MR) is 71.7 cm³/mol. The van der Waals surface area contributed by atoms with Crippen LogP contribution in [0.15, 0.2) is 36.5 Å². The molecular weight excluding hydrogens is 228 g/mol. The second-order valence-electron chi connectivity index (χ2n) is 4.15. The van der Waals surface area contributed by atoms with Crippen molar-refractivity contribution in [3.8, 4) is 5.75 Å². The highest BCUT2D eigenvalue weighted by molar-refractivity contribution is 5.51. The second-order valence-corrected chi connectivity index (χ2v) is 4.15. The normalized spacial score (nSPS) is 10.4. The van der Waals surface area contributed by atoms with Crippen molar-refractivity contribution >= 4 is 5.69 Å². The van der Waals surface area contributed by atoms with Gasteiger partial charge in [-0.25, -0.2) is 0 Å². The van der Waals surface area contributed by atoms with Gasteiger partial charge in [-0.15, -0.1) is 0 Å². The van der Waals surface area contributed by atoms with Gasteiger partial charge >= 0.3 is 0 Å². The molecule has 1 heterocycles. The summed E-state index contributed by atoms with van der Waals surface area (Å²) in [7, 11) is 3.62. The highest BCUT2D eigenvalue weighted by Crippen LogP contribution is 2.22. The summed E-state index contributed by atoms with van der Waals surface area (Å²) in [5, 5.41) is 12.6. The fourth-order valence-corrected chi connectivity index (χ4v) is 1.88. The molecule has 0 radical (unpaired) electrons. The maximum atomic E-state index is 9.26. The van der Waals surface area contributed by atoms with Gasteiger partial charge in [-0.05, 0) is 30.3 Å². The first-order valence-electron chi connectivity index (χ1n) is 5.86. The first-order chi connectivity index (χ1) is 8.74. The van der Waals surface area contributed by atoms with E-state index in [-0.39, 0.29) is 6.61 Å². The van der Waals surface area contributed by atoms with Gasteiger partial charge in [0.2, 0.25) is 0 Å². The van der Waals surface area contributed by atoms with Gasteiger partial charge in [0.05, 0.1) is 20.3 Å². The van der Waals surface area contributed by atoms with Crippen molar-refractivity contribution in [2.45, 2.75) is 13.2 Å². The summed E-state index contributed by atoms with van der Waals surface area (Å²) in [4.78, 5) is 0. The highest BCUT2D eigenvalue weighted by Gasteiger charge is 2.03. The predicted octanol–water partition coefficient (Wildman–Crippen LogP) is 2.14. The summed E-state index contributed by atoms with van der Waals surface area (Å²) in [5.41, 5.74) is 2.96. The van der Waals surface area contributed by atoms with Crippen molar-refractivity contribution in [2.75, 3.05) is 12.4 Å². The van der Waals surface area contributed by atoms with Crippen molar-refractivity contribution in [3.63, 3.8) is 0 Å². The number of aromatic nitrogens is 1. The van der Waals surface area contributed by atoms with Gasteiger partial charge in [-0.1, -0.05) is 0 Å². The molecule has 2 rings (SSSR count). The molecule has 0 aliphatic heterocycles. The van der Waals surface area contributed by atoms with Crippen LogP contribution in [0.1, 0.15) is 11.3 Å². The van der Waals surface area contributed by atoms with Crippen molar-refractivity contribution in [1.29, 1.82) is 0 Å². The quantitative estimate of drug-likeness (QED) is 0.849. The van der Waals surface area contributed by atoms with Crippen molar-refractivity contribution in [1.82, 2.24) is 4.57 Å². The van der Waals surface area contributed by atoms with Crippen LogP contribution in [0.3, 0.4) is 0 Å². The molecule has 96 valence electrons. The molecule has 0 aliphatic carbocycles. The van der Waals surface area contributed by atoms with Gasteiger partial charge in [0.25, 0.3) is 0 Å². The van der Waals surface area contributed by atoms with Crippen LogP contribution in [-0.4, -0.2) is 16.8 Å². The molecule has 0 amide bonds. The van der Waals surface area contributed by atoms with Crippen LogP contribution in [0.4, 0.5) is 5.69 Å². The van der Waals surface area contributed by atoms with Crippen molar-refractivity contribution < 1.29 is 9.84 Å². The Morgan fingerprint density at radius 1 is 1.33 bits per heavy atom. The van der Waals surface area contributed by atoms with Gasteiger partial charge in [0, 0.05) is 30.2 Å². The van der Waals surface area contributed by atoms with E-state index in [1.165, 1.54) is 5.69 Å². The number of nitrogens with zero attached hydrogens (tertiary/aromatic N) is 1. The summed E-state index contributed by atoms with van der Waals surface area (Å²) in [5.74, 6) is 0.710. The SMILES string of the molecule is COc1ccc(NCc2cccn2C)cc1CO. The van der Waals surface area contributed by atoms with E-state index in [4.69, 9.17) is 4.74 Å². The highest BCUT2D eigenvalue weighted by atomic mass is 16.5. The largest absolute Gasteiger partial charge is 0.496 e. The minimum Gasteiger partial charge on any atom is -0.496 e. The van der Waals surface area contributed by atoms with E-state index in [0.29, 0.717) is 5.75 Å². The number of hydrogen-bond donors (Lipinski definition) is 2. The Kier molecular flexibility index (Phi) is 3.89. The van der Waals surface area contributed by atoms with E-state index in [2.05, 4.69) is 16.0 Å². The average molecular weight is 246 g/mol. The third-order valence-corrected chi connectivity index (χ3v) is 2.98. The minimum atomic E-state index is -0.0250. The van der Waals surface area contributed by atoms with E-state index in [0.717, 1.165) is 17.8 Å². The van der Waals surface area contributed by atoms with Gasteiger partial charge in [-0.2, -0.15) is 0 Å². The summed E-state index contributed by atoms with van der Waals surface area (Å²) in [6.07, 6.45) is 2.02. The molecule has 0 aliphatic rings. The van der Waals surface area contributed by atoms with Gasteiger partial charge in [0.1, 0.15) is 5.75 Å². The molecule has 0 spiro atoms. The molecule has 4 nitrogen and oxygen atoms in total. The van der Waals surface area contributed by atoms with Crippen LogP contribution in [0.5, 0.6) is 5.75 Å². The molecule has 0 unspecified atom stereocenters. The Balaban J connectivity index is 2.08. The summed E-state index contributed by atoms with van der Waals surface area (Å²) < 4.78 is 7.24. The number of benzene rings is 1. The minimum absolute atomic E-state index is 0.0250. The molecule has 18 heavy (non-hydrogen) atoms. The maximum Gasteiger partial charge on any atom is 0.124 e. The van der Waals surface area contributed by atoms with Crippen LogP contribution in [0.2, 0.25) is 0 Å². The molecule has 0 fully saturated rings. The first-order valence-corrected chi connectivity index (χ1v) is 5.86. The number of rotatable bonds is 5. The lowest BCUT2D eigenvalue weighted by Gasteiger charge is -2.11. The fourth-order valence-electron chi connectivity index (χ4n) is 1.88. The molecule has 1 aromatic heterocycles. The second kappa shape index (κ2) is 5.60. The summed E-state index contributed by atoms with van der Waals surface area (Å²) >= 11 is 0. The lowest BCUT2D eigenvalue weighted by Crippen LogP contribution is -2.04. The summed E-state index contributed by atoms with van der Waals surface area (Å²) in [6.45, 7) is 0.726. The Hall–Kier alpha value is -1.94. The zero-order valence-electron chi connectivity index (χ0n) is 10.7. The molecule has 0 atom stereocenters. The molecule has 4 heteroatoms. The Morgan fingerprint density at radius 2 is 2.17 bits per heavy atom. The Morgan fingerprint density at radius 3 is 2.78 bits per heavy atom. The smallest absolute Gasteiger partial charge is 0.124 e. The molecular formula is C14H18N2O2. The van der Waals surface area contributed by atoms with Crippen LogP contribution >= 0.6 is 0 Å². The van der Waals surface area contributed by atoms with Crippen LogP contribution in [0, 0.1) is 0 Å². The topological polar surface area (TPSA) is 46.4 Å². The molecule has 0 bridgehead atoms. The summed E-state index contributed by atoms with van der Waals surface area (Å²) in [6, 6.07) is 9.80. The zero-order valence-corrected chi connectivity index (χ0v) is 10.7. The van der Waals surface area contributed by atoms with Crippen LogP contribution in [-0.2, 0) is 20.2 Å². The number of aliphatic hydroxyl groups excluding tert-OH is 1. The van der Waals surface area contributed by atoms with Gasteiger partial charge in [0.15, 0.2) is 0 Å². The number of aryl methyl sites for hydroxylation is 1. The fraction of sp³-hybridized carbons (Fsp3) is 0.286. The third-order valence-electron chi connectivity index (χ3n) is 2.98. The Bertz CT molecular complexity index is 520. The molecule has 0 saturated heterocycles. The van der Waals surface area contributed by atoms with E-state index < -0.39 is 0 Å². The standard InChI is InChI=1S/C14H18N2O2/c1-16-7-3-4-13(16)9-15-12-5-6-14(18-2)11(8-12)10-17/h3-8,15,17H,9-10H2,1-2H3. The van der Waals surface area contributed by atoms with Crippen LogP contribution < -0.4 is 10.1 Å².